The van der Waals surface area contributed by atoms with Crippen LogP contribution in [-0.4, -0.2) is 32.1 Å². The van der Waals surface area contributed by atoms with Crippen molar-refractivity contribution in [1.82, 2.24) is 14.8 Å². The van der Waals surface area contributed by atoms with Crippen LogP contribution in [-0.2, 0) is 11.3 Å². The van der Waals surface area contributed by atoms with E-state index in [4.69, 9.17) is 9.84 Å². The fraction of sp³-hybridized carbons (Fsp3) is 0.778. The third-order valence-corrected chi connectivity index (χ3v) is 2.79. The van der Waals surface area contributed by atoms with E-state index in [1.54, 1.807) is 6.33 Å². The smallest absolute Gasteiger partial charge is 0.158 e. The summed E-state index contributed by atoms with van der Waals surface area (Å²) in [6.45, 7) is 4.77. The van der Waals surface area contributed by atoms with Crippen LogP contribution in [0.3, 0.4) is 0 Å². The molecule has 1 N–H and O–H groups in total. The van der Waals surface area contributed by atoms with Crippen molar-refractivity contribution in [3.05, 3.63) is 12.2 Å². The van der Waals surface area contributed by atoms with Crippen molar-refractivity contribution in [3.63, 3.8) is 0 Å². The molecule has 14 heavy (non-hydrogen) atoms. The third-order valence-electron chi connectivity index (χ3n) is 2.79. The van der Waals surface area contributed by atoms with Crippen LogP contribution in [0, 0.1) is 0 Å². The highest BCUT2D eigenvalue weighted by atomic mass is 16.5. The van der Waals surface area contributed by atoms with Gasteiger partial charge in [0.15, 0.2) is 5.82 Å². The number of aliphatic hydroxyl groups excluding tert-OH is 1. The summed E-state index contributed by atoms with van der Waals surface area (Å²) in [4.78, 5) is 0. The van der Waals surface area contributed by atoms with Crippen LogP contribution in [0.2, 0.25) is 0 Å². The third kappa shape index (κ3) is 1.42. The van der Waals surface area contributed by atoms with Crippen molar-refractivity contribution in [1.29, 1.82) is 0 Å². The average Bonchev–Trinajstić information content (AvgIpc) is 2.69. The molecule has 0 aliphatic carbocycles. The molecular weight excluding hydrogens is 182 g/mol. The van der Waals surface area contributed by atoms with Gasteiger partial charge in [0.1, 0.15) is 12.9 Å². The molecule has 0 saturated carbocycles. The van der Waals surface area contributed by atoms with Crippen molar-refractivity contribution in [2.45, 2.75) is 38.5 Å². The van der Waals surface area contributed by atoms with Crippen LogP contribution in [0.4, 0.5) is 0 Å². The maximum atomic E-state index is 9.07. The lowest BCUT2D eigenvalue weighted by Gasteiger charge is -2.27. The Kier molecular flexibility index (Phi) is 2.28. The summed E-state index contributed by atoms with van der Waals surface area (Å²) < 4.78 is 7.53. The molecule has 0 amide bonds. The molecule has 2 rings (SSSR count). The Hall–Kier alpha value is -0.940. The van der Waals surface area contributed by atoms with Crippen LogP contribution in [0.15, 0.2) is 6.33 Å². The first-order chi connectivity index (χ1) is 6.65. The van der Waals surface area contributed by atoms with Crippen LogP contribution in [0.5, 0.6) is 0 Å². The van der Waals surface area contributed by atoms with Crippen molar-refractivity contribution in [3.8, 4) is 0 Å². The molecule has 0 spiro atoms. The van der Waals surface area contributed by atoms with Crippen molar-refractivity contribution in [2.24, 2.45) is 0 Å². The Balaban J connectivity index is 2.30. The number of ether oxygens (including phenoxy) is 1. The summed E-state index contributed by atoms with van der Waals surface area (Å²) in [6.07, 6.45) is 2.60. The molecule has 2 heterocycles. The van der Waals surface area contributed by atoms with Crippen molar-refractivity contribution >= 4 is 0 Å². The van der Waals surface area contributed by atoms with Gasteiger partial charge in [-0.1, -0.05) is 0 Å². The molecule has 78 valence electrons. The second kappa shape index (κ2) is 3.33. The van der Waals surface area contributed by atoms with E-state index in [9.17, 15) is 0 Å². The molecule has 1 saturated heterocycles. The quantitative estimate of drug-likeness (QED) is 0.750. The minimum absolute atomic E-state index is 0.0768. The highest BCUT2D eigenvalue weighted by Crippen LogP contribution is 2.35. The van der Waals surface area contributed by atoms with Crippen LogP contribution < -0.4 is 0 Å². The summed E-state index contributed by atoms with van der Waals surface area (Å²) in [7, 11) is 0. The van der Waals surface area contributed by atoms with Crippen LogP contribution in [0.25, 0.3) is 0 Å². The molecule has 0 bridgehead atoms. The summed E-state index contributed by atoms with van der Waals surface area (Å²) in [6, 6.07) is 0.222. The lowest BCUT2D eigenvalue weighted by Crippen LogP contribution is -2.30. The second-order valence-corrected chi connectivity index (χ2v) is 4.07. The molecule has 1 fully saturated rings. The van der Waals surface area contributed by atoms with E-state index in [1.807, 2.05) is 18.4 Å². The van der Waals surface area contributed by atoms with E-state index in [2.05, 4.69) is 10.2 Å². The largest absolute Gasteiger partial charge is 0.388 e. The molecule has 0 radical (unpaired) electrons. The van der Waals surface area contributed by atoms with Crippen molar-refractivity contribution in [2.75, 3.05) is 6.61 Å². The van der Waals surface area contributed by atoms with Gasteiger partial charge in [-0.25, -0.2) is 0 Å². The number of aliphatic hydroxyl groups is 1. The Morgan fingerprint density at radius 1 is 1.71 bits per heavy atom. The van der Waals surface area contributed by atoms with Gasteiger partial charge in [-0.15, -0.1) is 10.2 Å². The Bertz CT molecular complexity index is 322. The summed E-state index contributed by atoms with van der Waals surface area (Å²) in [5, 5.41) is 16.7. The molecule has 1 aromatic heterocycles. The van der Waals surface area contributed by atoms with Gasteiger partial charge in [-0.05, 0) is 20.3 Å². The van der Waals surface area contributed by atoms with Crippen LogP contribution >= 0.6 is 0 Å². The van der Waals surface area contributed by atoms with Gasteiger partial charge in [-0.3, -0.25) is 0 Å². The molecule has 5 heteroatoms. The van der Waals surface area contributed by atoms with E-state index < -0.39 is 0 Å². The van der Waals surface area contributed by atoms with E-state index in [-0.39, 0.29) is 18.2 Å². The highest BCUT2D eigenvalue weighted by molar-refractivity contribution is 4.96. The molecular formula is C9H15N3O2. The molecule has 1 unspecified atom stereocenters. The lowest BCUT2D eigenvalue weighted by molar-refractivity contribution is 0.0131. The highest BCUT2D eigenvalue weighted by Gasteiger charge is 2.37. The topological polar surface area (TPSA) is 60.2 Å². The number of rotatable bonds is 2. The number of aromatic nitrogens is 3. The van der Waals surface area contributed by atoms with Gasteiger partial charge in [0.25, 0.3) is 0 Å². The minimum atomic E-state index is -0.202. The average molecular weight is 197 g/mol. The van der Waals surface area contributed by atoms with Crippen LogP contribution in [0.1, 0.15) is 32.1 Å². The minimum Gasteiger partial charge on any atom is -0.388 e. The molecule has 0 aromatic carbocycles. The van der Waals surface area contributed by atoms with Crippen molar-refractivity contribution < 1.29 is 9.84 Å². The number of hydrogen-bond acceptors (Lipinski definition) is 4. The number of hydrogen-bond donors (Lipinski definition) is 1. The SMILES string of the molecule is CC1(C)OCCC1n1cnnc1CO. The maximum absolute atomic E-state index is 9.07. The first kappa shape index (κ1) is 9.61. The van der Waals surface area contributed by atoms with Gasteiger partial charge < -0.3 is 14.4 Å². The summed E-state index contributed by atoms with van der Waals surface area (Å²) in [5.74, 6) is 0.605. The summed E-state index contributed by atoms with van der Waals surface area (Å²) >= 11 is 0. The van der Waals surface area contributed by atoms with E-state index in [1.165, 1.54) is 0 Å². The first-order valence-electron chi connectivity index (χ1n) is 4.78. The monoisotopic (exact) mass is 197 g/mol. The lowest BCUT2D eigenvalue weighted by atomic mass is 9.99. The maximum Gasteiger partial charge on any atom is 0.158 e. The molecule has 1 aliphatic rings. The normalized spacial score (nSPS) is 25.5. The standard InChI is InChI=1S/C9H15N3O2/c1-9(2)7(3-4-14-9)12-6-10-11-8(12)5-13/h6-7,13H,3-5H2,1-2H3. The molecule has 1 aromatic rings. The zero-order chi connectivity index (χ0) is 10.2. The van der Waals surface area contributed by atoms with Gasteiger partial charge in [0.05, 0.1) is 11.6 Å². The number of nitrogens with zero attached hydrogens (tertiary/aromatic N) is 3. The van der Waals surface area contributed by atoms with E-state index in [0.717, 1.165) is 13.0 Å². The van der Waals surface area contributed by atoms with Gasteiger partial charge in [0, 0.05) is 6.61 Å². The fourth-order valence-electron chi connectivity index (χ4n) is 1.99. The second-order valence-electron chi connectivity index (χ2n) is 4.07. The predicted molar refractivity (Wildman–Crippen MR) is 49.6 cm³/mol. The first-order valence-corrected chi connectivity index (χ1v) is 4.78. The predicted octanol–water partition coefficient (Wildman–Crippen LogP) is 0.510. The van der Waals surface area contributed by atoms with Gasteiger partial charge in [-0.2, -0.15) is 0 Å². The Morgan fingerprint density at radius 2 is 2.50 bits per heavy atom. The Morgan fingerprint density at radius 3 is 3.07 bits per heavy atom. The molecule has 1 atom stereocenters. The molecule has 5 nitrogen and oxygen atoms in total. The Labute approximate surface area is 82.7 Å². The van der Waals surface area contributed by atoms with E-state index >= 15 is 0 Å². The summed E-state index contributed by atoms with van der Waals surface area (Å²) in [5.41, 5.74) is -0.202. The van der Waals surface area contributed by atoms with E-state index in [0.29, 0.717) is 5.82 Å². The van der Waals surface area contributed by atoms with Gasteiger partial charge in [0.2, 0.25) is 0 Å². The van der Waals surface area contributed by atoms with Gasteiger partial charge >= 0.3 is 0 Å². The molecule has 1 aliphatic heterocycles. The fourth-order valence-corrected chi connectivity index (χ4v) is 1.99. The zero-order valence-corrected chi connectivity index (χ0v) is 8.47. The zero-order valence-electron chi connectivity index (χ0n) is 8.47.